The van der Waals surface area contributed by atoms with E-state index in [-0.39, 0.29) is 6.04 Å². The molecular formula is C17H26BrN3. The second-order valence-corrected chi connectivity index (χ2v) is 7.34. The zero-order valence-electron chi connectivity index (χ0n) is 12.9. The third kappa shape index (κ3) is 3.43. The molecule has 1 aromatic carbocycles. The number of hydrogen-bond donors (Lipinski definition) is 1. The molecule has 0 spiro atoms. The van der Waals surface area contributed by atoms with Gasteiger partial charge in [0.15, 0.2) is 0 Å². The maximum Gasteiger partial charge on any atom is 0.0511 e. The standard InChI is InChI=1S/C17H26BrN3/c1-13(19)14-5-6-17(16(18)11-14)21-10-7-15(12-21)20-8-3-2-4-9-20/h5-6,11,13,15H,2-4,7-10,12,19H2,1H3/t13-,15?/m1/s1. The van der Waals surface area contributed by atoms with Gasteiger partial charge in [-0.1, -0.05) is 12.5 Å². The molecule has 3 nitrogen and oxygen atoms in total. The van der Waals surface area contributed by atoms with Gasteiger partial charge >= 0.3 is 0 Å². The van der Waals surface area contributed by atoms with Crippen molar-refractivity contribution in [3.63, 3.8) is 0 Å². The van der Waals surface area contributed by atoms with Crippen LogP contribution < -0.4 is 10.6 Å². The van der Waals surface area contributed by atoms with Crippen molar-refractivity contribution in [1.82, 2.24) is 4.90 Å². The summed E-state index contributed by atoms with van der Waals surface area (Å²) in [6, 6.07) is 7.40. The number of nitrogens with two attached hydrogens (primary N) is 1. The van der Waals surface area contributed by atoms with Crippen LogP contribution in [0.25, 0.3) is 0 Å². The average molecular weight is 352 g/mol. The summed E-state index contributed by atoms with van der Waals surface area (Å²) < 4.78 is 1.18. The first-order chi connectivity index (χ1) is 10.1. The Hall–Kier alpha value is -0.580. The van der Waals surface area contributed by atoms with E-state index >= 15 is 0 Å². The SMILES string of the molecule is C[C@@H](N)c1ccc(N2CCC(N3CCCCC3)C2)c(Br)c1. The number of hydrogen-bond acceptors (Lipinski definition) is 3. The zero-order chi connectivity index (χ0) is 14.8. The van der Waals surface area contributed by atoms with E-state index < -0.39 is 0 Å². The van der Waals surface area contributed by atoms with Crippen molar-refractivity contribution in [1.29, 1.82) is 0 Å². The Morgan fingerprint density at radius 3 is 2.62 bits per heavy atom. The van der Waals surface area contributed by atoms with E-state index in [2.05, 4.69) is 43.9 Å². The van der Waals surface area contributed by atoms with Gasteiger partial charge in [-0.25, -0.2) is 0 Å². The van der Waals surface area contributed by atoms with Gasteiger partial charge in [-0.05, 0) is 72.9 Å². The first kappa shape index (κ1) is 15.3. The Morgan fingerprint density at radius 2 is 1.95 bits per heavy atom. The maximum absolute atomic E-state index is 5.96. The smallest absolute Gasteiger partial charge is 0.0511 e. The summed E-state index contributed by atoms with van der Waals surface area (Å²) in [5, 5.41) is 0. The van der Waals surface area contributed by atoms with Crippen LogP contribution in [0.3, 0.4) is 0 Å². The van der Waals surface area contributed by atoms with Crippen LogP contribution in [-0.4, -0.2) is 37.1 Å². The fourth-order valence-corrected chi connectivity index (χ4v) is 4.25. The molecule has 2 N–H and O–H groups in total. The summed E-state index contributed by atoms with van der Waals surface area (Å²) in [7, 11) is 0. The van der Waals surface area contributed by atoms with Gasteiger partial charge in [-0.2, -0.15) is 0 Å². The number of nitrogens with zero attached hydrogens (tertiary/aromatic N) is 2. The highest BCUT2D eigenvalue weighted by Crippen LogP contribution is 2.32. The van der Waals surface area contributed by atoms with Gasteiger partial charge in [-0.15, -0.1) is 0 Å². The quantitative estimate of drug-likeness (QED) is 0.903. The van der Waals surface area contributed by atoms with Crippen LogP contribution in [0, 0.1) is 0 Å². The lowest BCUT2D eigenvalue weighted by atomic mass is 10.1. The monoisotopic (exact) mass is 351 g/mol. The third-order valence-electron chi connectivity index (χ3n) is 4.91. The molecule has 1 aromatic rings. The molecule has 2 fully saturated rings. The third-order valence-corrected chi connectivity index (χ3v) is 5.54. The van der Waals surface area contributed by atoms with E-state index in [1.54, 1.807) is 0 Å². The molecular weight excluding hydrogens is 326 g/mol. The lowest BCUT2D eigenvalue weighted by Gasteiger charge is -2.32. The molecule has 4 heteroatoms. The predicted molar refractivity (Wildman–Crippen MR) is 92.8 cm³/mol. The first-order valence-corrected chi connectivity index (χ1v) is 8.98. The van der Waals surface area contributed by atoms with Crippen molar-refractivity contribution in [3.05, 3.63) is 28.2 Å². The van der Waals surface area contributed by atoms with Crippen LogP contribution in [0.1, 0.15) is 44.2 Å². The molecule has 0 saturated carbocycles. The molecule has 3 rings (SSSR count). The number of halogens is 1. The van der Waals surface area contributed by atoms with E-state index in [1.165, 1.54) is 54.5 Å². The molecule has 0 radical (unpaired) electrons. The summed E-state index contributed by atoms with van der Waals surface area (Å²) in [6.07, 6.45) is 5.46. The second kappa shape index (κ2) is 6.67. The highest BCUT2D eigenvalue weighted by atomic mass is 79.9. The van der Waals surface area contributed by atoms with E-state index in [9.17, 15) is 0 Å². The largest absolute Gasteiger partial charge is 0.369 e. The van der Waals surface area contributed by atoms with Crippen molar-refractivity contribution < 1.29 is 0 Å². The van der Waals surface area contributed by atoms with E-state index in [4.69, 9.17) is 5.73 Å². The van der Waals surface area contributed by atoms with Gasteiger partial charge in [0.2, 0.25) is 0 Å². The maximum atomic E-state index is 5.96. The van der Waals surface area contributed by atoms with Gasteiger partial charge in [0.25, 0.3) is 0 Å². The molecule has 21 heavy (non-hydrogen) atoms. The minimum atomic E-state index is 0.0926. The van der Waals surface area contributed by atoms with E-state index in [0.717, 1.165) is 19.1 Å². The number of anilines is 1. The van der Waals surface area contributed by atoms with Crippen molar-refractivity contribution in [2.75, 3.05) is 31.1 Å². The first-order valence-electron chi connectivity index (χ1n) is 8.19. The summed E-state index contributed by atoms with van der Waals surface area (Å²) in [6.45, 7) is 6.95. The van der Waals surface area contributed by atoms with Crippen LogP contribution in [0.5, 0.6) is 0 Å². The normalized spacial score (nSPS) is 25.3. The van der Waals surface area contributed by atoms with Crippen molar-refractivity contribution in [2.24, 2.45) is 5.73 Å². The van der Waals surface area contributed by atoms with Gasteiger partial charge in [0.1, 0.15) is 0 Å². The van der Waals surface area contributed by atoms with Crippen LogP contribution in [0.2, 0.25) is 0 Å². The summed E-state index contributed by atoms with van der Waals surface area (Å²) in [5.41, 5.74) is 8.48. The zero-order valence-corrected chi connectivity index (χ0v) is 14.5. The van der Waals surface area contributed by atoms with Gasteiger partial charge in [0, 0.05) is 29.6 Å². The molecule has 2 heterocycles. The minimum Gasteiger partial charge on any atom is -0.369 e. The number of likely N-dealkylation sites (tertiary alicyclic amines) is 1. The molecule has 0 amide bonds. The summed E-state index contributed by atoms with van der Waals surface area (Å²) in [5.74, 6) is 0. The van der Waals surface area contributed by atoms with Crippen LogP contribution >= 0.6 is 15.9 Å². The highest BCUT2D eigenvalue weighted by molar-refractivity contribution is 9.10. The van der Waals surface area contributed by atoms with Gasteiger partial charge in [0.05, 0.1) is 5.69 Å². The molecule has 0 bridgehead atoms. The van der Waals surface area contributed by atoms with E-state index in [1.807, 2.05) is 6.92 Å². The fraction of sp³-hybridized carbons (Fsp3) is 0.647. The molecule has 0 aliphatic carbocycles. The molecule has 1 unspecified atom stereocenters. The van der Waals surface area contributed by atoms with E-state index in [0.29, 0.717) is 0 Å². The molecule has 2 aliphatic heterocycles. The summed E-state index contributed by atoms with van der Waals surface area (Å²) >= 11 is 3.73. The van der Waals surface area contributed by atoms with Gasteiger partial charge in [-0.3, -0.25) is 4.90 Å². The predicted octanol–water partition coefficient (Wildman–Crippen LogP) is 3.53. The van der Waals surface area contributed by atoms with Crippen molar-refractivity contribution >= 4 is 21.6 Å². The van der Waals surface area contributed by atoms with Crippen molar-refractivity contribution in [2.45, 2.75) is 44.7 Å². The van der Waals surface area contributed by atoms with Gasteiger partial charge < -0.3 is 10.6 Å². The van der Waals surface area contributed by atoms with Crippen LogP contribution in [0.4, 0.5) is 5.69 Å². The minimum absolute atomic E-state index is 0.0926. The number of piperidine rings is 1. The van der Waals surface area contributed by atoms with Crippen LogP contribution in [0.15, 0.2) is 22.7 Å². The lowest BCUT2D eigenvalue weighted by molar-refractivity contribution is 0.175. The Bertz CT molecular complexity index is 483. The molecule has 2 aliphatic rings. The molecule has 2 saturated heterocycles. The highest BCUT2D eigenvalue weighted by Gasteiger charge is 2.29. The second-order valence-electron chi connectivity index (χ2n) is 6.48. The molecule has 2 atom stereocenters. The number of rotatable bonds is 3. The van der Waals surface area contributed by atoms with Crippen LogP contribution in [-0.2, 0) is 0 Å². The Kier molecular flexibility index (Phi) is 4.87. The Labute approximate surface area is 136 Å². The number of benzene rings is 1. The lowest BCUT2D eigenvalue weighted by Crippen LogP contribution is -2.40. The summed E-state index contributed by atoms with van der Waals surface area (Å²) in [4.78, 5) is 5.22. The molecule has 116 valence electrons. The topological polar surface area (TPSA) is 32.5 Å². The fourth-order valence-electron chi connectivity index (χ4n) is 3.61. The Balaban J connectivity index is 1.68. The van der Waals surface area contributed by atoms with Crippen molar-refractivity contribution in [3.8, 4) is 0 Å². The Morgan fingerprint density at radius 1 is 1.19 bits per heavy atom. The average Bonchev–Trinajstić information content (AvgIpc) is 2.97. The molecule has 0 aromatic heterocycles.